The van der Waals surface area contributed by atoms with Gasteiger partial charge in [-0.2, -0.15) is 18.3 Å². The molecule has 2 aromatic rings. The molecule has 0 unspecified atom stereocenters. The summed E-state index contributed by atoms with van der Waals surface area (Å²) in [5, 5.41) is 4.20. The highest BCUT2D eigenvalue weighted by Gasteiger charge is 2.34. The SMILES string of the molecule is COC(=O)C1CCN(C(=O)C(=O)c2c(C)nn(-c3cccc(C(F)(F)F)c3)c2C)CC1. The molecule has 166 valence electrons. The number of aromatic nitrogens is 2. The van der Waals surface area contributed by atoms with Crippen molar-refractivity contribution < 1.29 is 32.3 Å². The molecule has 10 heteroatoms. The molecular weight excluding hydrogens is 415 g/mol. The number of esters is 1. The number of hydrogen-bond acceptors (Lipinski definition) is 5. The lowest BCUT2D eigenvalue weighted by Gasteiger charge is -2.30. The molecule has 7 nitrogen and oxygen atoms in total. The fourth-order valence-electron chi connectivity index (χ4n) is 3.77. The van der Waals surface area contributed by atoms with E-state index in [4.69, 9.17) is 4.74 Å². The number of halogens is 3. The Kier molecular flexibility index (Phi) is 6.19. The van der Waals surface area contributed by atoms with Gasteiger partial charge in [0.2, 0.25) is 0 Å². The maximum Gasteiger partial charge on any atom is 0.416 e. The zero-order valence-electron chi connectivity index (χ0n) is 17.3. The smallest absolute Gasteiger partial charge is 0.416 e. The predicted octanol–water partition coefficient (Wildman–Crippen LogP) is 3.10. The van der Waals surface area contributed by atoms with Gasteiger partial charge in [-0.15, -0.1) is 0 Å². The van der Waals surface area contributed by atoms with Crippen molar-refractivity contribution in [2.45, 2.75) is 32.9 Å². The van der Waals surface area contributed by atoms with Crippen LogP contribution in [0.25, 0.3) is 5.69 Å². The lowest BCUT2D eigenvalue weighted by molar-refractivity contribution is -0.148. The van der Waals surface area contributed by atoms with Gasteiger partial charge in [0, 0.05) is 13.1 Å². The fourth-order valence-corrected chi connectivity index (χ4v) is 3.77. The standard InChI is InChI=1S/C21H22F3N3O4/c1-12-17(18(28)19(29)26-9-7-14(8-10-26)20(30)31-3)13(2)27(25-12)16-6-4-5-15(11-16)21(22,23)24/h4-6,11,14H,7-10H2,1-3H3. The van der Waals surface area contributed by atoms with Crippen molar-refractivity contribution in [2.24, 2.45) is 5.92 Å². The molecule has 1 aromatic heterocycles. The average Bonchev–Trinajstić information content (AvgIpc) is 3.05. The highest BCUT2D eigenvalue weighted by Crippen LogP contribution is 2.31. The number of piperidine rings is 1. The largest absolute Gasteiger partial charge is 0.469 e. The lowest BCUT2D eigenvalue weighted by Crippen LogP contribution is -2.43. The molecule has 1 saturated heterocycles. The minimum Gasteiger partial charge on any atom is -0.469 e. The van der Waals surface area contributed by atoms with Crippen LogP contribution in [0.15, 0.2) is 24.3 Å². The third kappa shape index (κ3) is 4.47. The van der Waals surface area contributed by atoms with E-state index in [9.17, 15) is 27.6 Å². The molecule has 1 fully saturated rings. The first-order valence-electron chi connectivity index (χ1n) is 9.70. The number of carbonyl (C=O) groups is 3. The van der Waals surface area contributed by atoms with Crippen molar-refractivity contribution in [3.8, 4) is 5.69 Å². The third-order valence-corrected chi connectivity index (χ3v) is 5.45. The van der Waals surface area contributed by atoms with Gasteiger partial charge in [-0.3, -0.25) is 14.4 Å². The number of ketones is 1. The third-order valence-electron chi connectivity index (χ3n) is 5.45. The Labute approximate surface area is 176 Å². The van der Waals surface area contributed by atoms with Gasteiger partial charge in [0.05, 0.1) is 41.2 Å². The fraction of sp³-hybridized carbons (Fsp3) is 0.429. The highest BCUT2D eigenvalue weighted by atomic mass is 19.4. The van der Waals surface area contributed by atoms with Crippen molar-refractivity contribution in [3.05, 3.63) is 46.8 Å². The van der Waals surface area contributed by atoms with Gasteiger partial charge in [-0.05, 0) is 44.9 Å². The zero-order chi connectivity index (χ0) is 22.9. The molecule has 0 atom stereocenters. The van der Waals surface area contributed by atoms with Crippen LogP contribution in [0.3, 0.4) is 0 Å². The van der Waals surface area contributed by atoms with E-state index >= 15 is 0 Å². The van der Waals surface area contributed by atoms with Crippen molar-refractivity contribution in [1.29, 1.82) is 0 Å². The van der Waals surface area contributed by atoms with Crippen LogP contribution >= 0.6 is 0 Å². The summed E-state index contributed by atoms with van der Waals surface area (Å²) >= 11 is 0. The predicted molar refractivity (Wildman–Crippen MR) is 104 cm³/mol. The minimum atomic E-state index is -4.52. The van der Waals surface area contributed by atoms with E-state index in [1.165, 1.54) is 42.7 Å². The molecule has 1 aromatic carbocycles. The van der Waals surface area contributed by atoms with Gasteiger partial charge in [-0.25, -0.2) is 4.68 Å². The maximum absolute atomic E-state index is 13.0. The van der Waals surface area contributed by atoms with Crippen molar-refractivity contribution in [1.82, 2.24) is 14.7 Å². The number of aryl methyl sites for hydroxylation is 1. The quantitative estimate of drug-likeness (QED) is 0.417. The number of likely N-dealkylation sites (tertiary alicyclic amines) is 1. The summed E-state index contributed by atoms with van der Waals surface area (Å²) in [4.78, 5) is 38.7. The monoisotopic (exact) mass is 437 g/mol. The van der Waals surface area contributed by atoms with Crippen LogP contribution < -0.4 is 0 Å². The van der Waals surface area contributed by atoms with E-state index in [0.29, 0.717) is 12.8 Å². The van der Waals surface area contributed by atoms with E-state index in [2.05, 4.69) is 5.10 Å². The second-order valence-corrected chi connectivity index (χ2v) is 7.42. The summed E-state index contributed by atoms with van der Waals surface area (Å²) in [7, 11) is 1.30. The molecule has 31 heavy (non-hydrogen) atoms. The number of methoxy groups -OCH3 is 1. The van der Waals surface area contributed by atoms with Crippen LogP contribution in [0.5, 0.6) is 0 Å². The number of alkyl halides is 3. The summed E-state index contributed by atoms with van der Waals surface area (Å²) in [5.74, 6) is -2.15. The summed E-state index contributed by atoms with van der Waals surface area (Å²) in [6, 6.07) is 4.59. The van der Waals surface area contributed by atoms with Gasteiger partial charge in [0.1, 0.15) is 0 Å². The molecule has 0 radical (unpaired) electrons. The molecule has 0 saturated carbocycles. The Morgan fingerprint density at radius 1 is 1.13 bits per heavy atom. The number of benzene rings is 1. The number of amides is 1. The average molecular weight is 437 g/mol. The second-order valence-electron chi connectivity index (χ2n) is 7.42. The van der Waals surface area contributed by atoms with Gasteiger partial charge in [0.25, 0.3) is 11.7 Å². The van der Waals surface area contributed by atoms with E-state index in [1.807, 2.05) is 0 Å². The molecule has 1 aliphatic rings. The molecule has 0 aliphatic carbocycles. The van der Waals surface area contributed by atoms with E-state index in [1.54, 1.807) is 0 Å². The first-order valence-corrected chi connectivity index (χ1v) is 9.70. The topological polar surface area (TPSA) is 81.5 Å². The molecule has 1 aliphatic heterocycles. The van der Waals surface area contributed by atoms with Crippen LogP contribution in [0, 0.1) is 19.8 Å². The maximum atomic E-state index is 13.0. The number of Topliss-reactive ketones (excluding diaryl/α,β-unsaturated/α-hetero) is 1. The molecule has 1 amide bonds. The normalized spacial score (nSPS) is 15.1. The first kappa shape index (κ1) is 22.5. The van der Waals surface area contributed by atoms with E-state index in [-0.39, 0.29) is 47.6 Å². The van der Waals surface area contributed by atoms with Gasteiger partial charge >= 0.3 is 12.1 Å². The van der Waals surface area contributed by atoms with Crippen LogP contribution in [0.2, 0.25) is 0 Å². The molecule has 3 rings (SSSR count). The summed E-state index contributed by atoms with van der Waals surface area (Å²) in [6.07, 6.45) is -3.72. The Hall–Kier alpha value is -3.17. The minimum absolute atomic E-state index is 0.0671. The molecule has 0 spiro atoms. The van der Waals surface area contributed by atoms with Gasteiger partial charge < -0.3 is 9.64 Å². The Morgan fingerprint density at radius 2 is 1.77 bits per heavy atom. The molecule has 0 N–H and O–H groups in total. The van der Waals surface area contributed by atoms with Crippen LogP contribution in [0.1, 0.15) is 40.2 Å². The van der Waals surface area contributed by atoms with E-state index < -0.39 is 23.4 Å². The van der Waals surface area contributed by atoms with Crippen LogP contribution in [-0.2, 0) is 20.5 Å². The Morgan fingerprint density at radius 3 is 2.35 bits per heavy atom. The number of hydrogen-bond donors (Lipinski definition) is 0. The van der Waals surface area contributed by atoms with Crippen molar-refractivity contribution in [3.63, 3.8) is 0 Å². The second kappa shape index (κ2) is 8.52. The number of nitrogens with zero attached hydrogens (tertiary/aromatic N) is 3. The molecular formula is C21H22F3N3O4. The Balaban J connectivity index is 1.83. The van der Waals surface area contributed by atoms with Crippen molar-refractivity contribution >= 4 is 17.7 Å². The number of ether oxygens (including phenoxy) is 1. The number of rotatable bonds is 4. The highest BCUT2D eigenvalue weighted by molar-refractivity contribution is 6.43. The molecule has 0 bridgehead atoms. The molecule has 2 heterocycles. The van der Waals surface area contributed by atoms with Gasteiger partial charge in [0.15, 0.2) is 0 Å². The van der Waals surface area contributed by atoms with Crippen LogP contribution in [-0.4, -0.2) is 52.5 Å². The number of carbonyl (C=O) groups excluding carboxylic acids is 3. The zero-order valence-corrected chi connectivity index (χ0v) is 17.3. The summed E-state index contributed by atoms with van der Waals surface area (Å²) in [5.41, 5.74) is -0.106. The van der Waals surface area contributed by atoms with Gasteiger partial charge in [-0.1, -0.05) is 6.07 Å². The summed E-state index contributed by atoms with van der Waals surface area (Å²) < 4.78 is 45.1. The lowest BCUT2D eigenvalue weighted by atomic mass is 9.96. The Bertz CT molecular complexity index is 1020. The van der Waals surface area contributed by atoms with E-state index in [0.717, 1.165) is 12.1 Å². The first-order chi connectivity index (χ1) is 14.5. The van der Waals surface area contributed by atoms with Crippen LogP contribution in [0.4, 0.5) is 13.2 Å². The van der Waals surface area contributed by atoms with Crippen molar-refractivity contribution in [2.75, 3.05) is 20.2 Å². The summed E-state index contributed by atoms with van der Waals surface area (Å²) in [6.45, 7) is 3.54.